The third-order valence-electron chi connectivity index (χ3n) is 5.25. The predicted molar refractivity (Wildman–Crippen MR) is 107 cm³/mol. The van der Waals surface area contributed by atoms with E-state index in [1.54, 1.807) is 7.11 Å². The van der Waals surface area contributed by atoms with Gasteiger partial charge in [0.15, 0.2) is 0 Å². The lowest BCUT2D eigenvalue weighted by atomic mass is 10.1. The van der Waals surface area contributed by atoms with Crippen molar-refractivity contribution in [2.45, 2.75) is 32.5 Å². The molecule has 8 heteroatoms. The molecule has 8 nitrogen and oxygen atoms in total. The number of nitrogens with one attached hydrogen (secondary N) is 2. The standard InChI is InChI=1S/C20H29N5O3/c1-13-20(14(2)23-22-13)21-19(27)12-25-10-17(18(26)11-25)24(3)9-15-5-7-16(28-4)8-6-15/h5-8,17-18,26H,9-12H2,1-4H3,(H,21,27)(H,22,23)/t17-,18-/m0/s1. The quantitative estimate of drug-likeness (QED) is 0.660. The summed E-state index contributed by atoms with van der Waals surface area (Å²) in [5, 5.41) is 20.4. The van der Waals surface area contributed by atoms with Crippen LogP contribution < -0.4 is 10.1 Å². The molecule has 1 amide bonds. The highest BCUT2D eigenvalue weighted by atomic mass is 16.5. The Balaban J connectivity index is 1.53. The number of methoxy groups -OCH3 is 1. The summed E-state index contributed by atoms with van der Waals surface area (Å²) in [6.45, 7) is 5.81. The summed E-state index contributed by atoms with van der Waals surface area (Å²) < 4.78 is 5.19. The van der Waals surface area contributed by atoms with Crippen LogP contribution >= 0.6 is 0 Å². The fraction of sp³-hybridized carbons (Fsp3) is 0.500. The number of aliphatic hydroxyl groups is 1. The molecule has 2 heterocycles. The zero-order valence-corrected chi connectivity index (χ0v) is 16.9. The number of aryl methyl sites for hydroxylation is 2. The number of β-amino-alcohol motifs (C(OH)–C–C–N with tert-alkyl or cyclic N) is 1. The summed E-state index contributed by atoms with van der Waals surface area (Å²) in [6, 6.07) is 7.90. The molecule has 28 heavy (non-hydrogen) atoms. The number of aliphatic hydroxyl groups excluding tert-OH is 1. The van der Waals surface area contributed by atoms with E-state index in [0.29, 0.717) is 13.1 Å². The lowest BCUT2D eigenvalue weighted by molar-refractivity contribution is -0.117. The number of ether oxygens (including phenoxy) is 1. The number of anilines is 1. The largest absolute Gasteiger partial charge is 0.497 e. The van der Waals surface area contributed by atoms with Crippen LogP contribution in [0.4, 0.5) is 5.69 Å². The molecule has 1 fully saturated rings. The van der Waals surface area contributed by atoms with Crippen molar-refractivity contribution in [1.29, 1.82) is 0 Å². The van der Waals surface area contributed by atoms with E-state index in [0.717, 1.165) is 34.9 Å². The van der Waals surface area contributed by atoms with Gasteiger partial charge in [0, 0.05) is 25.7 Å². The number of likely N-dealkylation sites (tertiary alicyclic amines) is 1. The first-order valence-electron chi connectivity index (χ1n) is 9.42. The molecule has 0 unspecified atom stereocenters. The van der Waals surface area contributed by atoms with Gasteiger partial charge >= 0.3 is 0 Å². The summed E-state index contributed by atoms with van der Waals surface area (Å²) in [5.41, 5.74) is 3.49. The summed E-state index contributed by atoms with van der Waals surface area (Å²) in [4.78, 5) is 16.5. The average Bonchev–Trinajstić information content (AvgIpc) is 3.18. The van der Waals surface area contributed by atoms with Gasteiger partial charge in [0.1, 0.15) is 5.75 Å². The van der Waals surface area contributed by atoms with Gasteiger partial charge in [-0.1, -0.05) is 12.1 Å². The molecular formula is C20H29N5O3. The van der Waals surface area contributed by atoms with Crippen LogP contribution in [0.15, 0.2) is 24.3 Å². The minimum atomic E-state index is -0.492. The third-order valence-corrected chi connectivity index (χ3v) is 5.25. The van der Waals surface area contributed by atoms with Crippen molar-refractivity contribution in [3.63, 3.8) is 0 Å². The number of rotatable bonds is 7. The Hall–Kier alpha value is -2.42. The van der Waals surface area contributed by atoms with Gasteiger partial charge in [0.2, 0.25) is 5.91 Å². The highest BCUT2D eigenvalue weighted by Crippen LogP contribution is 2.20. The number of likely N-dealkylation sites (N-methyl/N-ethyl adjacent to an activating group) is 1. The second-order valence-electron chi connectivity index (χ2n) is 7.45. The Morgan fingerprint density at radius 2 is 2.07 bits per heavy atom. The van der Waals surface area contributed by atoms with Gasteiger partial charge in [-0.05, 0) is 38.6 Å². The van der Waals surface area contributed by atoms with Crippen molar-refractivity contribution in [3.8, 4) is 5.75 Å². The maximum atomic E-state index is 12.4. The van der Waals surface area contributed by atoms with Crippen LogP contribution in [0.1, 0.15) is 17.0 Å². The molecule has 0 spiro atoms. The molecule has 0 aliphatic carbocycles. The summed E-state index contributed by atoms with van der Waals surface area (Å²) in [5.74, 6) is 0.728. The Morgan fingerprint density at radius 3 is 2.68 bits per heavy atom. The Kier molecular flexibility index (Phi) is 6.33. The van der Waals surface area contributed by atoms with Crippen molar-refractivity contribution in [2.24, 2.45) is 0 Å². The molecule has 1 aliphatic rings. The SMILES string of the molecule is COc1ccc(CN(C)[C@H]2CN(CC(=O)Nc3c(C)n[nH]c3C)C[C@@H]2O)cc1. The molecule has 0 bridgehead atoms. The Morgan fingerprint density at radius 1 is 1.36 bits per heavy atom. The number of carbonyl (C=O) groups is 1. The lowest BCUT2D eigenvalue weighted by Gasteiger charge is -2.26. The molecule has 3 rings (SSSR count). The number of H-pyrrole nitrogens is 1. The van der Waals surface area contributed by atoms with Crippen molar-refractivity contribution >= 4 is 11.6 Å². The van der Waals surface area contributed by atoms with Gasteiger partial charge in [0.25, 0.3) is 0 Å². The second-order valence-corrected chi connectivity index (χ2v) is 7.45. The van der Waals surface area contributed by atoms with Crippen molar-refractivity contribution in [1.82, 2.24) is 20.0 Å². The molecule has 152 valence electrons. The first-order chi connectivity index (χ1) is 13.4. The number of aromatic amines is 1. The summed E-state index contributed by atoms with van der Waals surface area (Å²) >= 11 is 0. The zero-order chi connectivity index (χ0) is 20.3. The number of amides is 1. The number of hydrogen-bond donors (Lipinski definition) is 3. The highest BCUT2D eigenvalue weighted by Gasteiger charge is 2.34. The van der Waals surface area contributed by atoms with Crippen LogP contribution in [0.25, 0.3) is 0 Å². The third kappa shape index (κ3) is 4.70. The molecule has 1 aliphatic heterocycles. The van der Waals surface area contributed by atoms with Gasteiger partial charge in [0.05, 0.1) is 36.8 Å². The van der Waals surface area contributed by atoms with E-state index in [1.807, 2.05) is 50.1 Å². The number of nitrogens with zero attached hydrogens (tertiary/aromatic N) is 3. The summed E-state index contributed by atoms with van der Waals surface area (Å²) in [7, 11) is 3.65. The van der Waals surface area contributed by atoms with E-state index >= 15 is 0 Å². The molecule has 2 aromatic rings. The van der Waals surface area contributed by atoms with Crippen LogP contribution in [0.2, 0.25) is 0 Å². The van der Waals surface area contributed by atoms with E-state index in [1.165, 1.54) is 0 Å². The molecule has 1 aromatic carbocycles. The maximum absolute atomic E-state index is 12.4. The van der Waals surface area contributed by atoms with Crippen LogP contribution in [0, 0.1) is 13.8 Å². The monoisotopic (exact) mass is 387 g/mol. The minimum absolute atomic E-state index is 0.0210. The highest BCUT2D eigenvalue weighted by molar-refractivity contribution is 5.93. The smallest absolute Gasteiger partial charge is 0.238 e. The number of aromatic nitrogens is 2. The number of benzene rings is 1. The fourth-order valence-electron chi connectivity index (χ4n) is 3.66. The van der Waals surface area contributed by atoms with Gasteiger partial charge in [-0.2, -0.15) is 5.10 Å². The normalized spacial score (nSPS) is 19.9. The van der Waals surface area contributed by atoms with Gasteiger partial charge < -0.3 is 15.2 Å². The van der Waals surface area contributed by atoms with E-state index in [2.05, 4.69) is 20.4 Å². The van der Waals surface area contributed by atoms with E-state index in [9.17, 15) is 9.90 Å². The Labute approximate surface area is 165 Å². The predicted octanol–water partition coefficient (Wildman–Crippen LogP) is 1.15. The lowest BCUT2D eigenvalue weighted by Crippen LogP contribution is -2.40. The zero-order valence-electron chi connectivity index (χ0n) is 16.9. The van der Waals surface area contributed by atoms with Crippen molar-refractivity contribution < 1.29 is 14.6 Å². The van der Waals surface area contributed by atoms with Crippen molar-refractivity contribution in [2.75, 3.05) is 39.1 Å². The molecular weight excluding hydrogens is 358 g/mol. The minimum Gasteiger partial charge on any atom is -0.497 e. The molecule has 0 radical (unpaired) electrons. The molecule has 2 atom stereocenters. The molecule has 0 saturated carbocycles. The first kappa shape index (κ1) is 20.3. The van der Waals surface area contributed by atoms with E-state index in [-0.39, 0.29) is 18.5 Å². The van der Waals surface area contributed by atoms with Crippen molar-refractivity contribution in [3.05, 3.63) is 41.2 Å². The fourth-order valence-corrected chi connectivity index (χ4v) is 3.66. The van der Waals surface area contributed by atoms with Crippen LogP contribution in [0.5, 0.6) is 5.75 Å². The second kappa shape index (κ2) is 8.72. The number of hydrogen-bond acceptors (Lipinski definition) is 6. The van der Waals surface area contributed by atoms with E-state index in [4.69, 9.17) is 4.74 Å². The van der Waals surface area contributed by atoms with Crippen LogP contribution in [0.3, 0.4) is 0 Å². The van der Waals surface area contributed by atoms with Gasteiger partial charge in [-0.15, -0.1) is 0 Å². The maximum Gasteiger partial charge on any atom is 0.238 e. The topological polar surface area (TPSA) is 93.7 Å². The Bertz CT molecular complexity index is 785. The number of carbonyl (C=O) groups excluding carboxylic acids is 1. The summed E-state index contributed by atoms with van der Waals surface area (Å²) in [6.07, 6.45) is -0.492. The van der Waals surface area contributed by atoms with Gasteiger partial charge in [-0.25, -0.2) is 0 Å². The molecule has 1 aromatic heterocycles. The van der Waals surface area contributed by atoms with Crippen LogP contribution in [-0.4, -0.2) is 76.9 Å². The van der Waals surface area contributed by atoms with Crippen LogP contribution in [-0.2, 0) is 11.3 Å². The molecule has 3 N–H and O–H groups in total. The van der Waals surface area contributed by atoms with E-state index < -0.39 is 6.10 Å². The first-order valence-corrected chi connectivity index (χ1v) is 9.42. The molecule has 1 saturated heterocycles. The van der Waals surface area contributed by atoms with Gasteiger partial charge in [-0.3, -0.25) is 19.7 Å². The average molecular weight is 387 g/mol.